The van der Waals surface area contributed by atoms with E-state index in [1.165, 1.54) is 11.8 Å². The van der Waals surface area contributed by atoms with Crippen LogP contribution in [0, 0.1) is 0 Å². The summed E-state index contributed by atoms with van der Waals surface area (Å²) in [5, 5.41) is 18.0. The second-order valence-corrected chi connectivity index (χ2v) is 8.86. The number of nitrogens with zero attached hydrogens (tertiary/aromatic N) is 4. The smallest absolute Gasteiger partial charge is 0.252 e. The summed E-state index contributed by atoms with van der Waals surface area (Å²) >= 11 is 1.51. The van der Waals surface area contributed by atoms with Crippen LogP contribution in [0.15, 0.2) is 83.8 Å². The molecule has 0 radical (unpaired) electrons. The molecule has 8 nitrogen and oxygen atoms in total. The quantitative estimate of drug-likeness (QED) is 0.330. The molecule has 0 aliphatic rings. The van der Waals surface area contributed by atoms with Gasteiger partial charge in [-0.05, 0) is 59.3 Å². The maximum absolute atomic E-state index is 13.1. The number of hydrogen-bond donors (Lipinski definition) is 2. The number of thioether (sulfide) groups is 1. The van der Waals surface area contributed by atoms with Crippen molar-refractivity contribution in [3.8, 4) is 5.69 Å². The van der Waals surface area contributed by atoms with Crippen molar-refractivity contribution in [1.82, 2.24) is 25.5 Å². The summed E-state index contributed by atoms with van der Waals surface area (Å²) in [5.41, 5.74) is 3.15. The number of anilines is 1. The topological polar surface area (TPSA) is 102 Å². The molecule has 1 heterocycles. The molecule has 0 aliphatic heterocycles. The fourth-order valence-electron chi connectivity index (χ4n) is 3.45. The molecule has 0 saturated heterocycles. The van der Waals surface area contributed by atoms with Crippen LogP contribution >= 0.6 is 11.8 Å². The summed E-state index contributed by atoms with van der Waals surface area (Å²) in [5.74, 6) is 1.00. The van der Waals surface area contributed by atoms with E-state index in [0.717, 1.165) is 21.8 Å². The lowest BCUT2D eigenvalue weighted by Gasteiger charge is -2.16. The first-order valence-corrected chi connectivity index (χ1v) is 12.3. The van der Waals surface area contributed by atoms with Gasteiger partial charge in [0.25, 0.3) is 5.91 Å². The Kier molecular flexibility index (Phi) is 7.89. The molecule has 2 N–H and O–H groups in total. The summed E-state index contributed by atoms with van der Waals surface area (Å²) in [6, 6.07) is 24.5. The number of amides is 2. The zero-order chi connectivity index (χ0) is 24.6. The minimum atomic E-state index is -0.207. The van der Waals surface area contributed by atoms with E-state index >= 15 is 0 Å². The maximum Gasteiger partial charge on any atom is 0.252 e. The van der Waals surface area contributed by atoms with E-state index in [0.29, 0.717) is 23.6 Å². The largest absolute Gasteiger partial charge is 0.345 e. The molecule has 4 aromatic rings. The number of tetrazole rings is 1. The van der Waals surface area contributed by atoms with Crippen LogP contribution in [0.3, 0.4) is 0 Å². The summed E-state index contributed by atoms with van der Waals surface area (Å²) in [6.45, 7) is 3.74. The zero-order valence-electron chi connectivity index (χ0n) is 19.5. The van der Waals surface area contributed by atoms with Gasteiger partial charge in [-0.2, -0.15) is 4.68 Å². The first-order valence-electron chi connectivity index (χ1n) is 11.3. The molecule has 178 valence electrons. The summed E-state index contributed by atoms with van der Waals surface area (Å²) in [7, 11) is 0. The van der Waals surface area contributed by atoms with E-state index in [1.807, 2.05) is 92.7 Å². The predicted octanol–water partition coefficient (Wildman–Crippen LogP) is 4.79. The maximum atomic E-state index is 13.1. The number of nitrogens with one attached hydrogen (secondary N) is 2. The zero-order valence-corrected chi connectivity index (χ0v) is 20.3. The number of carbonyl (C=O) groups excluding carboxylic acids is 2. The van der Waals surface area contributed by atoms with Gasteiger partial charge >= 0.3 is 0 Å². The van der Waals surface area contributed by atoms with Crippen molar-refractivity contribution in [2.45, 2.75) is 37.0 Å². The molecule has 1 aromatic heterocycles. The highest BCUT2D eigenvalue weighted by Crippen LogP contribution is 2.27. The van der Waals surface area contributed by atoms with Gasteiger partial charge in [-0.3, -0.25) is 9.59 Å². The average Bonchev–Trinajstić information content (AvgIpc) is 3.37. The van der Waals surface area contributed by atoms with Crippen molar-refractivity contribution in [1.29, 1.82) is 0 Å². The van der Waals surface area contributed by atoms with Crippen molar-refractivity contribution in [3.05, 3.63) is 95.8 Å². The first-order chi connectivity index (χ1) is 17.0. The summed E-state index contributed by atoms with van der Waals surface area (Å²) < 4.78 is 1.70. The summed E-state index contributed by atoms with van der Waals surface area (Å²) in [4.78, 5) is 25.5. The molecule has 1 unspecified atom stereocenters. The monoisotopic (exact) mass is 486 g/mol. The predicted molar refractivity (Wildman–Crippen MR) is 136 cm³/mol. The molecule has 0 aliphatic carbocycles. The number of benzene rings is 3. The van der Waals surface area contributed by atoms with E-state index in [-0.39, 0.29) is 17.9 Å². The van der Waals surface area contributed by atoms with Crippen LogP contribution in [-0.2, 0) is 10.5 Å². The normalized spacial score (nSPS) is 11.6. The highest BCUT2D eigenvalue weighted by molar-refractivity contribution is 7.98. The van der Waals surface area contributed by atoms with Gasteiger partial charge in [0, 0.05) is 17.0 Å². The molecule has 0 saturated carbocycles. The second-order valence-electron chi connectivity index (χ2n) is 7.85. The number of aromatic nitrogens is 4. The fourth-order valence-corrected chi connectivity index (χ4v) is 4.41. The molecular weight excluding hydrogens is 460 g/mol. The Morgan fingerprint density at radius 1 is 0.971 bits per heavy atom. The van der Waals surface area contributed by atoms with Gasteiger partial charge in [0.15, 0.2) is 5.82 Å². The van der Waals surface area contributed by atoms with E-state index in [9.17, 15) is 9.59 Å². The van der Waals surface area contributed by atoms with Gasteiger partial charge in [0.1, 0.15) is 0 Å². The minimum absolute atomic E-state index is 0.0361. The van der Waals surface area contributed by atoms with E-state index in [4.69, 9.17) is 0 Å². The lowest BCUT2D eigenvalue weighted by atomic mass is 10.1. The molecule has 1 atom stereocenters. The van der Waals surface area contributed by atoms with Crippen molar-refractivity contribution in [3.63, 3.8) is 0 Å². The van der Waals surface area contributed by atoms with Crippen molar-refractivity contribution >= 4 is 29.3 Å². The highest BCUT2D eigenvalue weighted by atomic mass is 32.2. The van der Waals surface area contributed by atoms with Crippen molar-refractivity contribution in [2.75, 3.05) is 5.32 Å². The molecule has 3 aromatic carbocycles. The third-order valence-electron chi connectivity index (χ3n) is 5.39. The van der Waals surface area contributed by atoms with Gasteiger partial charge in [0.2, 0.25) is 5.91 Å². The number of hydrogen-bond acceptors (Lipinski definition) is 6. The Morgan fingerprint density at radius 3 is 2.43 bits per heavy atom. The van der Waals surface area contributed by atoms with Crippen LogP contribution in [0.25, 0.3) is 5.69 Å². The van der Waals surface area contributed by atoms with E-state index in [2.05, 4.69) is 26.2 Å². The Labute approximate surface area is 208 Å². The van der Waals surface area contributed by atoms with Gasteiger partial charge in [0.05, 0.1) is 23.0 Å². The van der Waals surface area contributed by atoms with Crippen LogP contribution in [0.5, 0.6) is 0 Å². The Hall–Kier alpha value is -3.98. The van der Waals surface area contributed by atoms with Crippen LogP contribution in [-0.4, -0.2) is 32.0 Å². The van der Waals surface area contributed by atoms with E-state index in [1.54, 1.807) is 4.68 Å². The third-order valence-corrected chi connectivity index (χ3v) is 6.46. The SMILES string of the molecule is CCC(=O)Nc1ccc(C(C)NC(=O)c2ccccc2SCc2nnnn2-c2ccccc2)cc1. The number of para-hydroxylation sites is 1. The van der Waals surface area contributed by atoms with Crippen LogP contribution < -0.4 is 10.6 Å². The number of rotatable bonds is 9. The molecule has 2 amide bonds. The molecule has 0 bridgehead atoms. The average molecular weight is 487 g/mol. The second kappa shape index (κ2) is 11.4. The van der Waals surface area contributed by atoms with Gasteiger partial charge in [-0.1, -0.05) is 49.4 Å². The Balaban J connectivity index is 1.42. The Morgan fingerprint density at radius 2 is 1.69 bits per heavy atom. The molecule has 4 rings (SSSR count). The number of carbonyl (C=O) groups is 2. The Bertz CT molecular complexity index is 1290. The molecule has 0 spiro atoms. The van der Waals surface area contributed by atoms with Crippen LogP contribution in [0.4, 0.5) is 5.69 Å². The fraction of sp³-hybridized carbons (Fsp3) is 0.192. The molecular formula is C26H26N6O2S. The standard InChI is InChI=1S/C26H26N6O2S/c1-3-25(33)28-20-15-13-19(14-16-20)18(2)27-26(34)22-11-7-8-12-23(22)35-17-24-29-30-31-32(24)21-9-5-4-6-10-21/h4-16,18H,3,17H2,1-2H3,(H,27,34)(H,28,33). The van der Waals surface area contributed by atoms with Crippen molar-refractivity contribution < 1.29 is 9.59 Å². The summed E-state index contributed by atoms with van der Waals surface area (Å²) in [6.07, 6.45) is 0.423. The van der Waals surface area contributed by atoms with Crippen molar-refractivity contribution in [2.24, 2.45) is 0 Å². The lowest BCUT2D eigenvalue weighted by Crippen LogP contribution is -2.27. The van der Waals surface area contributed by atoms with Gasteiger partial charge in [-0.25, -0.2) is 0 Å². The molecule has 0 fully saturated rings. The molecule has 9 heteroatoms. The first kappa shape index (κ1) is 24.2. The van der Waals surface area contributed by atoms with Crippen LogP contribution in [0.2, 0.25) is 0 Å². The molecule has 35 heavy (non-hydrogen) atoms. The highest BCUT2D eigenvalue weighted by Gasteiger charge is 2.16. The third kappa shape index (κ3) is 6.13. The van der Waals surface area contributed by atoms with Gasteiger partial charge < -0.3 is 10.6 Å². The van der Waals surface area contributed by atoms with E-state index < -0.39 is 0 Å². The minimum Gasteiger partial charge on any atom is -0.345 e. The van der Waals surface area contributed by atoms with Gasteiger partial charge in [-0.15, -0.1) is 16.9 Å². The van der Waals surface area contributed by atoms with Crippen LogP contribution in [0.1, 0.15) is 48.1 Å². The lowest BCUT2D eigenvalue weighted by molar-refractivity contribution is -0.115.